The molecule has 0 unspecified atom stereocenters. The molecular formula is C14H23N3O2S. The van der Waals surface area contributed by atoms with Crippen LogP contribution in [0.3, 0.4) is 0 Å². The first-order valence-corrected chi connectivity index (χ1v) is 8.47. The lowest BCUT2D eigenvalue weighted by Crippen LogP contribution is -2.46. The Morgan fingerprint density at radius 3 is 2.35 bits per heavy atom. The molecule has 1 aromatic carbocycles. The monoisotopic (exact) mass is 297 g/mol. The molecule has 1 aromatic rings. The third-order valence-electron chi connectivity index (χ3n) is 3.44. The molecule has 1 fully saturated rings. The van der Waals surface area contributed by atoms with Crippen LogP contribution in [0, 0.1) is 13.8 Å². The summed E-state index contributed by atoms with van der Waals surface area (Å²) in [7, 11) is -3.40. The summed E-state index contributed by atoms with van der Waals surface area (Å²) < 4.78 is 27.2. The van der Waals surface area contributed by atoms with Gasteiger partial charge in [0.2, 0.25) is 10.0 Å². The van der Waals surface area contributed by atoms with Gasteiger partial charge in [0.05, 0.1) is 4.90 Å². The van der Waals surface area contributed by atoms with Crippen molar-refractivity contribution in [2.24, 2.45) is 0 Å². The zero-order valence-corrected chi connectivity index (χ0v) is 13.0. The van der Waals surface area contributed by atoms with E-state index >= 15 is 0 Å². The van der Waals surface area contributed by atoms with E-state index in [4.69, 9.17) is 0 Å². The number of aryl methyl sites for hydroxylation is 2. The minimum absolute atomic E-state index is 0.357. The average molecular weight is 297 g/mol. The Labute approximate surface area is 121 Å². The molecule has 2 N–H and O–H groups in total. The smallest absolute Gasteiger partial charge is 0.240 e. The summed E-state index contributed by atoms with van der Waals surface area (Å²) in [6.45, 7) is 8.94. The van der Waals surface area contributed by atoms with E-state index in [0.29, 0.717) is 11.4 Å². The van der Waals surface area contributed by atoms with Crippen LogP contribution in [0.2, 0.25) is 0 Å². The van der Waals surface area contributed by atoms with Crippen molar-refractivity contribution in [1.82, 2.24) is 14.9 Å². The molecule has 0 aromatic heterocycles. The Hall–Kier alpha value is -0.950. The molecule has 1 heterocycles. The topological polar surface area (TPSA) is 61.4 Å². The minimum atomic E-state index is -3.40. The SMILES string of the molecule is Cc1cc(C)cc(S(=O)(=O)NCCN2CCNCC2)c1. The highest BCUT2D eigenvalue weighted by Gasteiger charge is 2.15. The molecule has 0 atom stereocenters. The largest absolute Gasteiger partial charge is 0.314 e. The summed E-state index contributed by atoms with van der Waals surface area (Å²) in [5, 5.41) is 3.28. The molecular weight excluding hydrogens is 274 g/mol. The first-order chi connectivity index (χ1) is 9.47. The van der Waals surface area contributed by atoms with Crippen LogP contribution in [-0.2, 0) is 10.0 Å². The van der Waals surface area contributed by atoms with Crippen molar-refractivity contribution in [3.05, 3.63) is 29.3 Å². The summed E-state index contributed by atoms with van der Waals surface area (Å²) in [5.41, 5.74) is 1.93. The second-order valence-corrected chi connectivity index (χ2v) is 7.08. The predicted octanol–water partition coefficient (Wildman–Crippen LogP) is 0.487. The second kappa shape index (κ2) is 6.67. The number of hydrogen-bond acceptors (Lipinski definition) is 4. The Bertz CT molecular complexity index is 531. The molecule has 6 heteroatoms. The van der Waals surface area contributed by atoms with Gasteiger partial charge in [-0.05, 0) is 37.1 Å². The van der Waals surface area contributed by atoms with Gasteiger partial charge >= 0.3 is 0 Å². The quantitative estimate of drug-likeness (QED) is 0.830. The summed E-state index contributed by atoms with van der Waals surface area (Å²) in [5.74, 6) is 0. The first-order valence-electron chi connectivity index (χ1n) is 6.98. The highest BCUT2D eigenvalue weighted by atomic mass is 32.2. The van der Waals surface area contributed by atoms with Crippen LogP contribution in [0.25, 0.3) is 0 Å². The van der Waals surface area contributed by atoms with Crippen molar-refractivity contribution in [2.45, 2.75) is 18.7 Å². The summed E-state index contributed by atoms with van der Waals surface area (Å²) >= 11 is 0. The maximum atomic E-state index is 12.2. The number of piperazine rings is 1. The number of sulfonamides is 1. The van der Waals surface area contributed by atoms with Gasteiger partial charge in [-0.2, -0.15) is 0 Å². The average Bonchev–Trinajstić information content (AvgIpc) is 2.38. The number of benzene rings is 1. The van der Waals surface area contributed by atoms with E-state index in [9.17, 15) is 8.42 Å². The van der Waals surface area contributed by atoms with Crippen molar-refractivity contribution in [3.8, 4) is 0 Å². The van der Waals surface area contributed by atoms with E-state index in [1.54, 1.807) is 12.1 Å². The van der Waals surface area contributed by atoms with Crippen LogP contribution in [0.15, 0.2) is 23.1 Å². The molecule has 1 aliphatic heterocycles. The Balaban J connectivity index is 1.93. The molecule has 1 aliphatic rings. The summed E-state index contributed by atoms with van der Waals surface area (Å²) in [6.07, 6.45) is 0. The minimum Gasteiger partial charge on any atom is -0.314 e. The van der Waals surface area contributed by atoms with Crippen molar-refractivity contribution in [2.75, 3.05) is 39.3 Å². The number of nitrogens with one attached hydrogen (secondary N) is 2. The molecule has 20 heavy (non-hydrogen) atoms. The fourth-order valence-corrected chi connectivity index (χ4v) is 3.65. The molecule has 0 bridgehead atoms. The van der Waals surface area contributed by atoms with E-state index in [0.717, 1.165) is 43.9 Å². The van der Waals surface area contributed by atoms with Crippen LogP contribution in [0.1, 0.15) is 11.1 Å². The van der Waals surface area contributed by atoms with E-state index in [1.165, 1.54) is 0 Å². The van der Waals surface area contributed by atoms with Gasteiger partial charge in [-0.15, -0.1) is 0 Å². The van der Waals surface area contributed by atoms with Gasteiger partial charge in [-0.1, -0.05) is 6.07 Å². The number of rotatable bonds is 5. The lowest BCUT2D eigenvalue weighted by Gasteiger charge is -2.27. The lowest BCUT2D eigenvalue weighted by molar-refractivity contribution is 0.245. The van der Waals surface area contributed by atoms with E-state index < -0.39 is 10.0 Å². The van der Waals surface area contributed by atoms with Gasteiger partial charge < -0.3 is 5.32 Å². The van der Waals surface area contributed by atoms with Gasteiger partial charge in [0.1, 0.15) is 0 Å². The zero-order chi connectivity index (χ0) is 14.6. The van der Waals surface area contributed by atoms with E-state index in [1.807, 2.05) is 19.9 Å². The van der Waals surface area contributed by atoms with Gasteiger partial charge in [-0.3, -0.25) is 4.90 Å². The van der Waals surface area contributed by atoms with Crippen LogP contribution in [-0.4, -0.2) is 52.6 Å². The number of nitrogens with zero attached hydrogens (tertiary/aromatic N) is 1. The standard InChI is InChI=1S/C14H23N3O2S/c1-12-9-13(2)11-14(10-12)20(18,19)16-5-8-17-6-3-15-4-7-17/h9-11,15-16H,3-8H2,1-2H3. The summed E-state index contributed by atoms with van der Waals surface area (Å²) in [4.78, 5) is 2.62. The highest BCUT2D eigenvalue weighted by Crippen LogP contribution is 2.13. The van der Waals surface area contributed by atoms with Crippen LogP contribution < -0.4 is 10.0 Å². The molecule has 112 valence electrons. The fourth-order valence-electron chi connectivity index (χ4n) is 2.44. The van der Waals surface area contributed by atoms with E-state index in [2.05, 4.69) is 14.9 Å². The molecule has 2 rings (SSSR count). The fraction of sp³-hybridized carbons (Fsp3) is 0.571. The number of hydrogen-bond donors (Lipinski definition) is 2. The van der Waals surface area contributed by atoms with Gasteiger partial charge in [0.15, 0.2) is 0 Å². The normalized spacial score (nSPS) is 17.3. The predicted molar refractivity (Wildman–Crippen MR) is 80.4 cm³/mol. The third kappa shape index (κ3) is 4.28. The van der Waals surface area contributed by atoms with Crippen LogP contribution in [0.4, 0.5) is 0 Å². The molecule has 0 radical (unpaired) electrons. The van der Waals surface area contributed by atoms with Gasteiger partial charge in [0, 0.05) is 39.3 Å². The zero-order valence-electron chi connectivity index (χ0n) is 12.1. The van der Waals surface area contributed by atoms with Crippen LogP contribution >= 0.6 is 0 Å². The highest BCUT2D eigenvalue weighted by molar-refractivity contribution is 7.89. The first kappa shape index (κ1) is 15.4. The van der Waals surface area contributed by atoms with Crippen molar-refractivity contribution in [3.63, 3.8) is 0 Å². The summed E-state index contributed by atoms with van der Waals surface area (Å²) in [6, 6.07) is 5.39. The van der Waals surface area contributed by atoms with Gasteiger partial charge in [0.25, 0.3) is 0 Å². The third-order valence-corrected chi connectivity index (χ3v) is 4.88. The molecule has 1 saturated heterocycles. The van der Waals surface area contributed by atoms with Crippen molar-refractivity contribution >= 4 is 10.0 Å². The Kier molecular flexibility index (Phi) is 5.15. The van der Waals surface area contributed by atoms with Crippen LogP contribution in [0.5, 0.6) is 0 Å². The second-order valence-electron chi connectivity index (χ2n) is 5.31. The maximum absolute atomic E-state index is 12.2. The lowest BCUT2D eigenvalue weighted by atomic mass is 10.2. The maximum Gasteiger partial charge on any atom is 0.240 e. The van der Waals surface area contributed by atoms with Gasteiger partial charge in [-0.25, -0.2) is 13.1 Å². The molecule has 0 saturated carbocycles. The van der Waals surface area contributed by atoms with Crippen molar-refractivity contribution in [1.29, 1.82) is 0 Å². The molecule has 0 amide bonds. The molecule has 0 aliphatic carbocycles. The molecule has 0 spiro atoms. The molecule has 5 nitrogen and oxygen atoms in total. The van der Waals surface area contributed by atoms with Crippen molar-refractivity contribution < 1.29 is 8.42 Å². The Morgan fingerprint density at radius 2 is 1.75 bits per heavy atom. The Morgan fingerprint density at radius 1 is 1.15 bits per heavy atom. The van der Waals surface area contributed by atoms with E-state index in [-0.39, 0.29) is 0 Å².